The smallest absolute Gasteiger partial charge is 0.252 e. The molecule has 168 valence electrons. The molecule has 0 bridgehead atoms. The minimum Gasteiger partial charge on any atom is -0.493 e. The first-order chi connectivity index (χ1) is 16.1. The van der Waals surface area contributed by atoms with Crippen LogP contribution in [0.15, 0.2) is 67.0 Å². The number of methoxy groups -OCH3 is 1. The Balaban J connectivity index is 1.47. The third-order valence-electron chi connectivity index (χ3n) is 5.57. The van der Waals surface area contributed by atoms with Crippen LogP contribution < -0.4 is 19.5 Å². The molecule has 1 unspecified atom stereocenters. The Hall–Kier alpha value is -4.07. The lowest BCUT2D eigenvalue weighted by Gasteiger charge is -2.23. The van der Waals surface area contributed by atoms with Crippen LogP contribution in [0.3, 0.4) is 0 Å². The zero-order chi connectivity index (χ0) is 22.8. The minimum absolute atomic E-state index is 0.316. The topological polar surface area (TPSA) is 74.6 Å². The van der Waals surface area contributed by atoms with Gasteiger partial charge in [-0.05, 0) is 42.0 Å². The second-order valence-electron chi connectivity index (χ2n) is 7.67. The number of amides is 1. The molecule has 1 amide bonds. The largest absolute Gasteiger partial charge is 0.493 e. The van der Waals surface area contributed by atoms with Gasteiger partial charge in [-0.15, -0.1) is 0 Å². The van der Waals surface area contributed by atoms with Gasteiger partial charge in [0.2, 0.25) is 5.75 Å². The SMILES string of the molecule is COc1cc(C(=O)NC(Cn2cnc3ccccc32)c2ccc(F)cc2)cc2c1OCCO2. The molecule has 1 aromatic heterocycles. The number of hydrogen-bond acceptors (Lipinski definition) is 5. The number of benzene rings is 3. The van der Waals surface area contributed by atoms with E-state index in [2.05, 4.69) is 10.3 Å². The molecule has 33 heavy (non-hydrogen) atoms. The molecule has 0 aliphatic carbocycles. The van der Waals surface area contributed by atoms with Gasteiger partial charge in [0.25, 0.3) is 5.91 Å². The number of halogens is 1. The molecule has 1 aliphatic rings. The summed E-state index contributed by atoms with van der Waals surface area (Å²) in [5, 5.41) is 3.07. The van der Waals surface area contributed by atoms with E-state index in [0.717, 1.165) is 16.6 Å². The maximum Gasteiger partial charge on any atom is 0.252 e. The zero-order valence-electron chi connectivity index (χ0n) is 18.0. The second-order valence-corrected chi connectivity index (χ2v) is 7.67. The standard InChI is InChI=1S/C25H22FN3O4/c1-31-22-12-17(13-23-24(22)33-11-10-32-23)25(30)28-20(16-6-8-18(26)9-7-16)14-29-15-27-19-4-2-3-5-21(19)29/h2-9,12-13,15,20H,10-11,14H2,1H3,(H,28,30). The van der Waals surface area contributed by atoms with Crippen LogP contribution in [0, 0.1) is 5.82 Å². The summed E-state index contributed by atoms with van der Waals surface area (Å²) in [6.45, 7) is 1.23. The fourth-order valence-electron chi connectivity index (χ4n) is 3.93. The van der Waals surface area contributed by atoms with Crippen molar-refractivity contribution in [2.24, 2.45) is 0 Å². The minimum atomic E-state index is -0.435. The first-order valence-corrected chi connectivity index (χ1v) is 10.6. The highest BCUT2D eigenvalue weighted by atomic mass is 19.1. The molecule has 1 N–H and O–H groups in total. The van der Waals surface area contributed by atoms with Crippen molar-refractivity contribution in [2.45, 2.75) is 12.6 Å². The van der Waals surface area contributed by atoms with Gasteiger partial charge < -0.3 is 24.1 Å². The van der Waals surface area contributed by atoms with Crippen molar-refractivity contribution >= 4 is 16.9 Å². The van der Waals surface area contributed by atoms with Gasteiger partial charge in [-0.25, -0.2) is 9.37 Å². The number of fused-ring (bicyclic) bond motifs is 2. The quantitative estimate of drug-likeness (QED) is 0.481. The van der Waals surface area contributed by atoms with E-state index in [1.54, 1.807) is 30.6 Å². The van der Waals surface area contributed by atoms with Crippen LogP contribution >= 0.6 is 0 Å². The Morgan fingerprint density at radius 1 is 1.15 bits per heavy atom. The second kappa shape index (κ2) is 8.82. The first-order valence-electron chi connectivity index (χ1n) is 10.6. The van der Waals surface area contributed by atoms with Crippen molar-refractivity contribution in [1.82, 2.24) is 14.9 Å². The van der Waals surface area contributed by atoms with Crippen LogP contribution in [-0.4, -0.2) is 35.8 Å². The summed E-state index contributed by atoms with van der Waals surface area (Å²) in [6.07, 6.45) is 1.74. The maximum atomic E-state index is 13.6. The molecule has 0 fully saturated rings. The van der Waals surface area contributed by atoms with E-state index in [1.807, 2.05) is 28.8 Å². The molecule has 5 rings (SSSR count). The average molecular weight is 447 g/mol. The highest BCUT2D eigenvalue weighted by molar-refractivity contribution is 5.96. The van der Waals surface area contributed by atoms with Gasteiger partial charge in [-0.2, -0.15) is 0 Å². The van der Waals surface area contributed by atoms with E-state index in [9.17, 15) is 9.18 Å². The van der Waals surface area contributed by atoms with Crippen molar-refractivity contribution in [3.63, 3.8) is 0 Å². The van der Waals surface area contributed by atoms with Gasteiger partial charge >= 0.3 is 0 Å². The molecule has 1 atom stereocenters. The summed E-state index contributed by atoms with van der Waals surface area (Å²) >= 11 is 0. The lowest BCUT2D eigenvalue weighted by Crippen LogP contribution is -2.31. The molecule has 0 spiro atoms. The van der Waals surface area contributed by atoms with Gasteiger partial charge in [-0.3, -0.25) is 4.79 Å². The summed E-state index contributed by atoms with van der Waals surface area (Å²) < 4.78 is 32.2. The molecular weight excluding hydrogens is 425 g/mol. The highest BCUT2D eigenvalue weighted by Gasteiger charge is 2.23. The lowest BCUT2D eigenvalue weighted by atomic mass is 10.1. The van der Waals surface area contributed by atoms with E-state index in [0.29, 0.717) is 42.6 Å². The number of carbonyl (C=O) groups excluding carboxylic acids is 1. The van der Waals surface area contributed by atoms with Crippen molar-refractivity contribution in [2.75, 3.05) is 20.3 Å². The van der Waals surface area contributed by atoms with E-state index in [4.69, 9.17) is 14.2 Å². The van der Waals surface area contributed by atoms with Crippen LogP contribution in [0.2, 0.25) is 0 Å². The van der Waals surface area contributed by atoms with Gasteiger partial charge in [0.05, 0.1) is 30.5 Å². The Kier molecular flexibility index (Phi) is 5.56. The van der Waals surface area contributed by atoms with Gasteiger partial charge in [0, 0.05) is 12.1 Å². The first kappa shape index (κ1) is 20.8. The summed E-state index contributed by atoms with van der Waals surface area (Å²) in [7, 11) is 1.51. The Morgan fingerprint density at radius 2 is 1.94 bits per heavy atom. The number of ether oxygens (including phenoxy) is 3. The number of para-hydroxylation sites is 2. The van der Waals surface area contributed by atoms with Crippen LogP contribution in [0.25, 0.3) is 11.0 Å². The molecule has 7 nitrogen and oxygen atoms in total. The number of imidazole rings is 1. The number of carbonyl (C=O) groups is 1. The molecule has 0 saturated carbocycles. The molecule has 4 aromatic rings. The third-order valence-corrected chi connectivity index (χ3v) is 5.57. The fraction of sp³-hybridized carbons (Fsp3) is 0.200. The van der Waals surface area contributed by atoms with Gasteiger partial charge in [0.1, 0.15) is 19.0 Å². The molecule has 8 heteroatoms. The van der Waals surface area contributed by atoms with Crippen molar-refractivity contribution in [3.05, 3.63) is 83.9 Å². The molecule has 0 saturated heterocycles. The predicted octanol–water partition coefficient (Wildman–Crippen LogP) is 4.13. The average Bonchev–Trinajstić information content (AvgIpc) is 3.26. The van der Waals surface area contributed by atoms with Crippen molar-refractivity contribution in [3.8, 4) is 17.2 Å². The molecular formula is C25H22FN3O4. The maximum absolute atomic E-state index is 13.6. The summed E-state index contributed by atoms with van der Waals surface area (Å²) in [4.78, 5) is 17.7. The van der Waals surface area contributed by atoms with Crippen LogP contribution in [-0.2, 0) is 6.54 Å². The van der Waals surface area contributed by atoms with Crippen molar-refractivity contribution in [1.29, 1.82) is 0 Å². The summed E-state index contributed by atoms with van der Waals surface area (Å²) in [6, 6.07) is 16.7. The van der Waals surface area contributed by atoms with Gasteiger partial charge in [-0.1, -0.05) is 24.3 Å². The van der Waals surface area contributed by atoms with E-state index in [1.165, 1.54) is 19.2 Å². The molecule has 3 aromatic carbocycles. The number of rotatable bonds is 6. The molecule has 0 radical (unpaired) electrons. The number of hydrogen-bond donors (Lipinski definition) is 1. The highest BCUT2D eigenvalue weighted by Crippen LogP contribution is 2.40. The van der Waals surface area contributed by atoms with Crippen molar-refractivity contribution < 1.29 is 23.4 Å². The fourth-order valence-corrected chi connectivity index (χ4v) is 3.93. The van der Waals surface area contributed by atoms with E-state index < -0.39 is 6.04 Å². The van der Waals surface area contributed by atoms with Crippen LogP contribution in [0.4, 0.5) is 4.39 Å². The Labute approximate surface area is 189 Å². The number of aromatic nitrogens is 2. The molecule has 2 heterocycles. The Bertz CT molecular complexity index is 1290. The predicted molar refractivity (Wildman–Crippen MR) is 120 cm³/mol. The molecule has 1 aliphatic heterocycles. The van der Waals surface area contributed by atoms with Gasteiger partial charge in [0.15, 0.2) is 11.5 Å². The van der Waals surface area contributed by atoms with E-state index in [-0.39, 0.29) is 11.7 Å². The lowest BCUT2D eigenvalue weighted by molar-refractivity contribution is 0.0931. The van der Waals surface area contributed by atoms with Crippen LogP contribution in [0.1, 0.15) is 22.0 Å². The summed E-state index contributed by atoms with van der Waals surface area (Å²) in [5.74, 6) is 0.721. The third kappa shape index (κ3) is 4.19. The normalized spacial score (nSPS) is 13.5. The zero-order valence-corrected chi connectivity index (χ0v) is 18.0. The summed E-state index contributed by atoms with van der Waals surface area (Å²) in [5.41, 5.74) is 2.95. The Morgan fingerprint density at radius 3 is 2.76 bits per heavy atom. The monoisotopic (exact) mass is 447 g/mol. The number of nitrogens with one attached hydrogen (secondary N) is 1. The number of nitrogens with zero attached hydrogens (tertiary/aromatic N) is 2. The van der Waals surface area contributed by atoms with Crippen LogP contribution in [0.5, 0.6) is 17.2 Å². The van der Waals surface area contributed by atoms with E-state index >= 15 is 0 Å².